The van der Waals surface area contributed by atoms with Gasteiger partial charge in [-0.25, -0.2) is 10.8 Å². The van der Waals surface area contributed by atoms with Gasteiger partial charge in [-0.05, 0) is 33.3 Å². The molecule has 1 aliphatic rings. The largest absolute Gasteiger partial charge is 0.376 e. The molecule has 0 aliphatic carbocycles. The number of aromatic nitrogens is 2. The molecule has 2 unspecified atom stereocenters. The molecular formula is C13H19N5OS. The molecule has 0 amide bonds. The lowest BCUT2D eigenvalue weighted by Gasteiger charge is -2.29. The van der Waals surface area contributed by atoms with Gasteiger partial charge in [0.1, 0.15) is 10.6 Å². The van der Waals surface area contributed by atoms with E-state index in [0.717, 1.165) is 29.1 Å². The highest BCUT2D eigenvalue weighted by Crippen LogP contribution is 2.34. The molecule has 108 valence electrons. The number of thiophene rings is 1. The summed E-state index contributed by atoms with van der Waals surface area (Å²) < 4.78 is 5.67. The Morgan fingerprint density at radius 2 is 2.30 bits per heavy atom. The molecule has 3 rings (SSSR count). The third-order valence-corrected chi connectivity index (χ3v) is 4.88. The summed E-state index contributed by atoms with van der Waals surface area (Å²) in [4.78, 5) is 11.0. The lowest BCUT2D eigenvalue weighted by Crippen LogP contribution is -2.41. The molecule has 1 aliphatic heterocycles. The lowest BCUT2D eigenvalue weighted by molar-refractivity contribution is 0.105. The minimum atomic E-state index is -0.122. The summed E-state index contributed by atoms with van der Waals surface area (Å²) in [5, 5.41) is 4.57. The Bertz CT molecular complexity index is 643. The number of hydrazine groups is 1. The maximum Gasteiger partial charge on any atom is 0.240 e. The molecule has 4 N–H and O–H groups in total. The van der Waals surface area contributed by atoms with Gasteiger partial charge in [0.05, 0.1) is 17.0 Å². The van der Waals surface area contributed by atoms with Crippen LogP contribution < -0.4 is 16.6 Å². The summed E-state index contributed by atoms with van der Waals surface area (Å²) in [6.07, 6.45) is 1.09. The highest BCUT2D eigenvalue weighted by atomic mass is 32.1. The number of nitrogens with two attached hydrogens (primary N) is 1. The molecule has 0 radical (unpaired) electrons. The zero-order valence-corrected chi connectivity index (χ0v) is 12.7. The zero-order chi connectivity index (χ0) is 14.3. The van der Waals surface area contributed by atoms with Gasteiger partial charge in [0, 0.05) is 11.5 Å². The maximum atomic E-state index is 5.67. The molecule has 3 heterocycles. The van der Waals surface area contributed by atoms with E-state index in [1.54, 1.807) is 11.3 Å². The van der Waals surface area contributed by atoms with Crippen molar-refractivity contribution >= 4 is 33.3 Å². The third-order valence-electron chi connectivity index (χ3n) is 3.94. The summed E-state index contributed by atoms with van der Waals surface area (Å²) in [5.74, 6) is 6.70. The molecule has 0 aromatic carbocycles. The maximum absolute atomic E-state index is 5.67. The van der Waals surface area contributed by atoms with Crippen LogP contribution in [-0.4, -0.2) is 28.2 Å². The molecule has 2 aromatic rings. The van der Waals surface area contributed by atoms with Crippen molar-refractivity contribution in [2.45, 2.75) is 38.8 Å². The number of nitrogens with one attached hydrogen (secondary N) is 2. The van der Waals surface area contributed by atoms with Crippen LogP contribution in [0.2, 0.25) is 0 Å². The Morgan fingerprint density at radius 3 is 2.95 bits per heavy atom. The van der Waals surface area contributed by atoms with Crippen LogP contribution in [0.25, 0.3) is 10.2 Å². The fourth-order valence-electron chi connectivity index (χ4n) is 2.47. The van der Waals surface area contributed by atoms with Crippen LogP contribution in [-0.2, 0) is 4.74 Å². The third kappa shape index (κ3) is 2.21. The van der Waals surface area contributed by atoms with Crippen molar-refractivity contribution in [3.05, 3.63) is 10.9 Å². The van der Waals surface area contributed by atoms with Crippen molar-refractivity contribution in [2.24, 2.45) is 5.84 Å². The predicted octanol–water partition coefficient (Wildman–Crippen LogP) is 2.26. The van der Waals surface area contributed by atoms with Gasteiger partial charge in [-0.1, -0.05) is 0 Å². The molecule has 0 spiro atoms. The Balaban J connectivity index is 2.05. The van der Waals surface area contributed by atoms with Gasteiger partial charge in [-0.15, -0.1) is 11.3 Å². The van der Waals surface area contributed by atoms with E-state index in [9.17, 15) is 0 Å². The first-order chi connectivity index (χ1) is 9.51. The summed E-state index contributed by atoms with van der Waals surface area (Å²) in [7, 11) is 0. The van der Waals surface area contributed by atoms with Crippen molar-refractivity contribution in [1.82, 2.24) is 9.97 Å². The summed E-state index contributed by atoms with van der Waals surface area (Å²) in [6.45, 7) is 7.07. The molecule has 0 saturated carbocycles. The minimum absolute atomic E-state index is 0.122. The number of anilines is 2. The number of fused-ring (bicyclic) bond motifs is 1. The molecule has 0 bridgehead atoms. The number of rotatable bonds is 3. The van der Waals surface area contributed by atoms with Crippen LogP contribution in [0.15, 0.2) is 6.07 Å². The van der Waals surface area contributed by atoms with Gasteiger partial charge >= 0.3 is 0 Å². The zero-order valence-electron chi connectivity index (χ0n) is 11.9. The Kier molecular flexibility index (Phi) is 3.27. The smallest absolute Gasteiger partial charge is 0.240 e. The molecule has 7 heteroatoms. The van der Waals surface area contributed by atoms with E-state index in [0.29, 0.717) is 5.95 Å². The highest BCUT2D eigenvalue weighted by molar-refractivity contribution is 7.18. The SMILES string of the molecule is Cc1cc2c(NC3(C)CCOC3C)nc(NN)nc2s1. The molecule has 20 heavy (non-hydrogen) atoms. The van der Waals surface area contributed by atoms with Crippen LogP contribution in [0.4, 0.5) is 11.8 Å². The van der Waals surface area contributed by atoms with E-state index in [1.165, 1.54) is 4.88 Å². The second kappa shape index (κ2) is 4.83. The Labute approximate surface area is 121 Å². The van der Waals surface area contributed by atoms with Gasteiger partial charge < -0.3 is 10.1 Å². The second-order valence-electron chi connectivity index (χ2n) is 5.42. The molecule has 1 fully saturated rings. The average molecular weight is 293 g/mol. The number of aryl methyl sites for hydroxylation is 1. The first-order valence-electron chi connectivity index (χ1n) is 6.66. The fourth-order valence-corrected chi connectivity index (χ4v) is 3.35. The lowest BCUT2D eigenvalue weighted by atomic mass is 9.94. The number of nitrogens with zero attached hydrogens (tertiary/aromatic N) is 2. The van der Waals surface area contributed by atoms with E-state index in [2.05, 4.69) is 47.5 Å². The van der Waals surface area contributed by atoms with Crippen molar-refractivity contribution in [2.75, 3.05) is 17.3 Å². The topological polar surface area (TPSA) is 85.1 Å². The molecule has 2 atom stereocenters. The van der Waals surface area contributed by atoms with Crippen LogP contribution >= 0.6 is 11.3 Å². The van der Waals surface area contributed by atoms with Gasteiger partial charge in [-0.3, -0.25) is 5.43 Å². The van der Waals surface area contributed by atoms with Crippen LogP contribution in [0.3, 0.4) is 0 Å². The van der Waals surface area contributed by atoms with E-state index < -0.39 is 0 Å². The second-order valence-corrected chi connectivity index (χ2v) is 6.66. The fraction of sp³-hybridized carbons (Fsp3) is 0.538. The molecule has 6 nitrogen and oxygen atoms in total. The van der Waals surface area contributed by atoms with E-state index >= 15 is 0 Å². The monoisotopic (exact) mass is 293 g/mol. The van der Waals surface area contributed by atoms with E-state index in [4.69, 9.17) is 10.6 Å². The van der Waals surface area contributed by atoms with E-state index in [-0.39, 0.29) is 11.6 Å². The van der Waals surface area contributed by atoms with Crippen LogP contribution in [0.1, 0.15) is 25.1 Å². The predicted molar refractivity (Wildman–Crippen MR) is 82.0 cm³/mol. The quantitative estimate of drug-likeness (QED) is 0.594. The summed E-state index contributed by atoms with van der Waals surface area (Å²) >= 11 is 1.64. The average Bonchev–Trinajstić information content (AvgIpc) is 2.93. The van der Waals surface area contributed by atoms with E-state index in [1.807, 2.05) is 0 Å². The Hall–Kier alpha value is -1.44. The number of nitrogen functional groups attached to an aromatic ring is 1. The number of ether oxygens (including phenoxy) is 1. The van der Waals surface area contributed by atoms with Gasteiger partial charge in [0.2, 0.25) is 5.95 Å². The van der Waals surface area contributed by atoms with Crippen LogP contribution in [0.5, 0.6) is 0 Å². The van der Waals surface area contributed by atoms with Gasteiger partial charge in [-0.2, -0.15) is 4.98 Å². The van der Waals surface area contributed by atoms with Crippen LogP contribution in [0, 0.1) is 6.92 Å². The standard InChI is InChI=1S/C13H19N5OS/c1-7-6-9-10(15-12(18-14)16-11(9)20-7)17-13(3)4-5-19-8(13)2/h6,8H,4-5,14H2,1-3H3,(H2,15,16,17,18). The first-order valence-corrected chi connectivity index (χ1v) is 7.48. The first kappa shape index (κ1) is 13.5. The molecular weight excluding hydrogens is 274 g/mol. The summed E-state index contributed by atoms with van der Waals surface area (Å²) in [5.41, 5.74) is 2.41. The number of hydrogen-bond donors (Lipinski definition) is 3. The normalized spacial score (nSPS) is 26.1. The molecule has 1 saturated heterocycles. The minimum Gasteiger partial charge on any atom is -0.376 e. The Morgan fingerprint density at radius 1 is 1.50 bits per heavy atom. The molecule has 2 aromatic heterocycles. The van der Waals surface area contributed by atoms with Gasteiger partial charge in [0.15, 0.2) is 0 Å². The van der Waals surface area contributed by atoms with Crippen molar-refractivity contribution in [1.29, 1.82) is 0 Å². The van der Waals surface area contributed by atoms with Gasteiger partial charge in [0.25, 0.3) is 0 Å². The summed E-state index contributed by atoms with van der Waals surface area (Å²) in [6, 6.07) is 2.10. The van der Waals surface area contributed by atoms with Crippen molar-refractivity contribution in [3.8, 4) is 0 Å². The number of hydrogen-bond acceptors (Lipinski definition) is 7. The highest BCUT2D eigenvalue weighted by Gasteiger charge is 2.37. The van der Waals surface area contributed by atoms with Crippen molar-refractivity contribution in [3.63, 3.8) is 0 Å². The van der Waals surface area contributed by atoms with Crippen molar-refractivity contribution < 1.29 is 4.74 Å².